The molecule has 2 aromatic heterocycles. The van der Waals surface area contributed by atoms with Crippen molar-refractivity contribution in [2.75, 3.05) is 5.32 Å². The van der Waals surface area contributed by atoms with Gasteiger partial charge >= 0.3 is 0 Å². The Labute approximate surface area is 157 Å². The molecule has 1 spiro atoms. The van der Waals surface area contributed by atoms with Crippen LogP contribution in [0.5, 0.6) is 0 Å². The molecule has 0 unspecified atom stereocenters. The van der Waals surface area contributed by atoms with Gasteiger partial charge in [0.1, 0.15) is 5.60 Å². The van der Waals surface area contributed by atoms with Crippen molar-refractivity contribution in [2.24, 2.45) is 10.9 Å². The maximum atomic E-state index is 5.98. The molecule has 1 aliphatic heterocycles. The van der Waals surface area contributed by atoms with Crippen LogP contribution < -0.4 is 11.1 Å². The standard InChI is InChI=1S/C20H22N6O/c1-2-26-19-16(12-23-26)18(24-14-6-4-3-5-7-14)15(11-22-19)17-10-20(27-25-17)8-13(21)9-20/h3-7,11-13H,2,8-10,21H2,1H3,(H,22,24). The fourth-order valence-corrected chi connectivity index (χ4v) is 4.06. The number of pyridine rings is 1. The van der Waals surface area contributed by atoms with Gasteiger partial charge < -0.3 is 15.9 Å². The number of fused-ring (bicyclic) bond motifs is 1. The van der Waals surface area contributed by atoms with Crippen LogP contribution in [-0.2, 0) is 11.4 Å². The number of hydrogen-bond donors (Lipinski definition) is 2. The summed E-state index contributed by atoms with van der Waals surface area (Å²) in [4.78, 5) is 10.5. The third-order valence-corrected chi connectivity index (χ3v) is 5.43. The number of aryl methyl sites for hydroxylation is 1. The molecule has 1 aliphatic carbocycles. The fourth-order valence-electron chi connectivity index (χ4n) is 4.06. The largest absolute Gasteiger partial charge is 0.388 e. The Morgan fingerprint density at radius 3 is 2.81 bits per heavy atom. The fraction of sp³-hybridized carbons (Fsp3) is 0.350. The second kappa shape index (κ2) is 6.06. The molecule has 1 aromatic carbocycles. The molecule has 0 atom stereocenters. The van der Waals surface area contributed by atoms with Gasteiger partial charge in [0, 0.05) is 49.3 Å². The highest BCUT2D eigenvalue weighted by atomic mass is 16.7. The normalized spacial score (nSPS) is 23.9. The molecule has 0 bridgehead atoms. The van der Waals surface area contributed by atoms with Crippen LogP contribution in [0.15, 0.2) is 47.9 Å². The Morgan fingerprint density at radius 1 is 1.26 bits per heavy atom. The number of aromatic nitrogens is 3. The number of nitrogens with two attached hydrogens (primary N) is 1. The topological polar surface area (TPSA) is 90.3 Å². The Morgan fingerprint density at radius 2 is 2.07 bits per heavy atom. The van der Waals surface area contributed by atoms with E-state index in [-0.39, 0.29) is 11.6 Å². The second-order valence-electron chi connectivity index (χ2n) is 7.39. The molecule has 5 rings (SSSR count). The molecule has 3 heterocycles. The smallest absolute Gasteiger partial charge is 0.159 e. The zero-order valence-corrected chi connectivity index (χ0v) is 15.2. The molecule has 3 N–H and O–H groups in total. The van der Waals surface area contributed by atoms with Gasteiger partial charge in [0.2, 0.25) is 0 Å². The number of nitrogens with one attached hydrogen (secondary N) is 1. The van der Waals surface area contributed by atoms with Crippen molar-refractivity contribution in [3.8, 4) is 0 Å². The number of benzene rings is 1. The predicted molar refractivity (Wildman–Crippen MR) is 105 cm³/mol. The highest BCUT2D eigenvalue weighted by Crippen LogP contribution is 2.44. The molecule has 1 saturated carbocycles. The van der Waals surface area contributed by atoms with E-state index in [0.717, 1.165) is 59.5 Å². The molecular formula is C20H22N6O. The minimum atomic E-state index is -0.221. The van der Waals surface area contributed by atoms with E-state index in [1.165, 1.54) is 0 Å². The number of oxime groups is 1. The van der Waals surface area contributed by atoms with E-state index in [2.05, 4.69) is 27.5 Å². The van der Waals surface area contributed by atoms with E-state index in [1.54, 1.807) is 0 Å². The van der Waals surface area contributed by atoms with Crippen molar-refractivity contribution < 1.29 is 4.84 Å². The summed E-state index contributed by atoms with van der Waals surface area (Å²) in [7, 11) is 0. The minimum absolute atomic E-state index is 0.213. The van der Waals surface area contributed by atoms with Gasteiger partial charge in [0.05, 0.1) is 23.0 Å². The molecular weight excluding hydrogens is 340 g/mol. The van der Waals surface area contributed by atoms with E-state index >= 15 is 0 Å². The average molecular weight is 362 g/mol. The number of para-hydroxylation sites is 1. The SMILES string of the molecule is CCn1ncc2c(Nc3ccccc3)c(C3=NOC4(C3)CC(N)C4)cnc21. The molecule has 27 heavy (non-hydrogen) atoms. The van der Waals surface area contributed by atoms with Crippen LogP contribution in [0.1, 0.15) is 31.7 Å². The van der Waals surface area contributed by atoms with Gasteiger partial charge in [-0.2, -0.15) is 5.10 Å². The summed E-state index contributed by atoms with van der Waals surface area (Å²) >= 11 is 0. The van der Waals surface area contributed by atoms with Crippen LogP contribution in [0.3, 0.4) is 0 Å². The average Bonchev–Trinajstić information content (AvgIpc) is 3.27. The lowest BCUT2D eigenvalue weighted by molar-refractivity contribution is -0.0856. The van der Waals surface area contributed by atoms with Gasteiger partial charge in [0.25, 0.3) is 0 Å². The van der Waals surface area contributed by atoms with Crippen LogP contribution in [0.25, 0.3) is 11.0 Å². The summed E-state index contributed by atoms with van der Waals surface area (Å²) in [5, 5.41) is 13.4. The Hall–Kier alpha value is -2.93. The molecule has 138 valence electrons. The summed E-state index contributed by atoms with van der Waals surface area (Å²) in [5.41, 5.74) is 10.5. The summed E-state index contributed by atoms with van der Waals surface area (Å²) in [6.07, 6.45) is 6.21. The zero-order chi connectivity index (χ0) is 18.4. The van der Waals surface area contributed by atoms with Crippen molar-refractivity contribution in [1.29, 1.82) is 0 Å². The Bertz CT molecular complexity index is 1020. The third-order valence-electron chi connectivity index (χ3n) is 5.43. The lowest BCUT2D eigenvalue weighted by atomic mass is 9.73. The molecule has 3 aromatic rings. The van der Waals surface area contributed by atoms with Crippen molar-refractivity contribution in [2.45, 2.75) is 44.4 Å². The van der Waals surface area contributed by atoms with Crippen LogP contribution in [0, 0.1) is 0 Å². The monoisotopic (exact) mass is 362 g/mol. The quantitative estimate of drug-likeness (QED) is 0.744. The van der Waals surface area contributed by atoms with Gasteiger partial charge in [-0.3, -0.25) is 0 Å². The first-order valence-corrected chi connectivity index (χ1v) is 9.35. The summed E-state index contributed by atoms with van der Waals surface area (Å²) in [5.74, 6) is 0. The number of anilines is 2. The van der Waals surface area contributed by atoms with Crippen molar-refractivity contribution in [3.05, 3.63) is 48.3 Å². The predicted octanol–water partition coefficient (Wildman–Crippen LogP) is 3.18. The molecule has 0 amide bonds. The molecule has 2 aliphatic rings. The van der Waals surface area contributed by atoms with Crippen LogP contribution in [0.4, 0.5) is 11.4 Å². The van der Waals surface area contributed by atoms with Crippen LogP contribution in [0.2, 0.25) is 0 Å². The van der Waals surface area contributed by atoms with E-state index in [4.69, 9.17) is 10.6 Å². The lowest BCUT2D eigenvalue weighted by Gasteiger charge is -2.40. The summed E-state index contributed by atoms with van der Waals surface area (Å²) in [6.45, 7) is 2.83. The number of rotatable bonds is 4. The third kappa shape index (κ3) is 2.66. The Kier molecular flexibility index (Phi) is 3.65. The van der Waals surface area contributed by atoms with E-state index in [1.807, 2.05) is 47.4 Å². The maximum Gasteiger partial charge on any atom is 0.159 e. The first kappa shape index (κ1) is 16.3. The molecule has 7 nitrogen and oxygen atoms in total. The van der Waals surface area contributed by atoms with Gasteiger partial charge in [-0.1, -0.05) is 23.4 Å². The lowest BCUT2D eigenvalue weighted by Crippen LogP contribution is -2.51. The van der Waals surface area contributed by atoms with Crippen molar-refractivity contribution >= 4 is 28.1 Å². The summed E-state index contributed by atoms with van der Waals surface area (Å²) in [6, 6.07) is 10.3. The molecule has 1 fully saturated rings. The summed E-state index contributed by atoms with van der Waals surface area (Å²) < 4.78 is 1.90. The molecule has 0 radical (unpaired) electrons. The van der Waals surface area contributed by atoms with Gasteiger partial charge in [0.15, 0.2) is 5.65 Å². The first-order chi connectivity index (χ1) is 13.2. The van der Waals surface area contributed by atoms with Crippen molar-refractivity contribution in [1.82, 2.24) is 14.8 Å². The van der Waals surface area contributed by atoms with E-state index in [0.29, 0.717) is 0 Å². The highest BCUT2D eigenvalue weighted by Gasteiger charge is 2.49. The van der Waals surface area contributed by atoms with E-state index in [9.17, 15) is 0 Å². The zero-order valence-electron chi connectivity index (χ0n) is 15.2. The van der Waals surface area contributed by atoms with Crippen LogP contribution in [-0.4, -0.2) is 32.1 Å². The molecule has 7 heteroatoms. The van der Waals surface area contributed by atoms with Gasteiger partial charge in [-0.05, 0) is 19.1 Å². The molecule has 0 saturated heterocycles. The minimum Gasteiger partial charge on any atom is -0.388 e. The van der Waals surface area contributed by atoms with E-state index < -0.39 is 0 Å². The second-order valence-corrected chi connectivity index (χ2v) is 7.39. The maximum absolute atomic E-state index is 5.98. The van der Waals surface area contributed by atoms with Crippen LogP contribution >= 0.6 is 0 Å². The van der Waals surface area contributed by atoms with Gasteiger partial charge in [-0.25, -0.2) is 9.67 Å². The van der Waals surface area contributed by atoms with Gasteiger partial charge in [-0.15, -0.1) is 0 Å². The highest BCUT2D eigenvalue weighted by molar-refractivity contribution is 6.11. The first-order valence-electron chi connectivity index (χ1n) is 9.35. The Balaban J connectivity index is 1.58. The number of nitrogens with zero attached hydrogens (tertiary/aromatic N) is 4. The number of hydrogen-bond acceptors (Lipinski definition) is 6. The van der Waals surface area contributed by atoms with Crippen molar-refractivity contribution in [3.63, 3.8) is 0 Å².